The standard InChI is InChI=1S/C15H18ClNO2/c1-9(2)15(4)14(18)19-13(17-15)10(3)11-5-7-12(16)8-6-11/h5-10H,1-4H3. The number of hydrogen-bond donors (Lipinski definition) is 0. The van der Waals surface area contributed by atoms with Crippen LogP contribution in [0.2, 0.25) is 5.02 Å². The number of halogens is 1. The van der Waals surface area contributed by atoms with Crippen LogP contribution in [0.25, 0.3) is 0 Å². The highest BCUT2D eigenvalue weighted by molar-refractivity contribution is 6.30. The number of cyclic esters (lactones) is 1. The first kappa shape index (κ1) is 14.1. The van der Waals surface area contributed by atoms with E-state index in [2.05, 4.69) is 4.99 Å². The highest BCUT2D eigenvalue weighted by atomic mass is 35.5. The number of ether oxygens (including phenoxy) is 1. The second-order valence-corrected chi connectivity index (χ2v) is 5.85. The van der Waals surface area contributed by atoms with Gasteiger partial charge in [-0.25, -0.2) is 9.79 Å². The average Bonchev–Trinajstić information content (AvgIpc) is 2.67. The Kier molecular flexibility index (Phi) is 3.68. The molecule has 0 saturated carbocycles. The van der Waals surface area contributed by atoms with Crippen molar-refractivity contribution in [2.24, 2.45) is 10.9 Å². The molecule has 0 fully saturated rings. The van der Waals surface area contributed by atoms with Gasteiger partial charge in [-0.05, 0) is 37.5 Å². The number of aliphatic imine (C=N–C) groups is 1. The summed E-state index contributed by atoms with van der Waals surface area (Å²) in [5.74, 6) is 0.276. The van der Waals surface area contributed by atoms with Crippen molar-refractivity contribution in [1.29, 1.82) is 0 Å². The lowest BCUT2D eigenvalue weighted by atomic mass is 9.90. The number of carbonyl (C=O) groups excluding carboxylic acids is 1. The van der Waals surface area contributed by atoms with Gasteiger partial charge < -0.3 is 4.74 Å². The zero-order valence-electron chi connectivity index (χ0n) is 11.6. The van der Waals surface area contributed by atoms with E-state index in [9.17, 15) is 4.79 Å². The Labute approximate surface area is 118 Å². The molecule has 3 nitrogen and oxygen atoms in total. The van der Waals surface area contributed by atoms with Gasteiger partial charge in [-0.1, -0.05) is 37.6 Å². The van der Waals surface area contributed by atoms with Crippen molar-refractivity contribution in [2.75, 3.05) is 0 Å². The molecule has 0 bridgehead atoms. The summed E-state index contributed by atoms with van der Waals surface area (Å²) in [5, 5.41) is 0.688. The maximum atomic E-state index is 12.0. The van der Waals surface area contributed by atoms with Crippen LogP contribution in [-0.4, -0.2) is 17.4 Å². The summed E-state index contributed by atoms with van der Waals surface area (Å²) in [6.45, 7) is 7.74. The molecule has 19 heavy (non-hydrogen) atoms. The zero-order valence-corrected chi connectivity index (χ0v) is 12.4. The molecule has 1 aliphatic rings. The van der Waals surface area contributed by atoms with E-state index in [1.165, 1.54) is 0 Å². The molecule has 1 heterocycles. The quantitative estimate of drug-likeness (QED) is 0.789. The molecular formula is C15H18ClNO2. The van der Waals surface area contributed by atoms with Gasteiger partial charge in [0.2, 0.25) is 5.90 Å². The lowest BCUT2D eigenvalue weighted by molar-refractivity contribution is -0.140. The lowest BCUT2D eigenvalue weighted by Gasteiger charge is -2.19. The molecule has 0 aromatic heterocycles. The van der Waals surface area contributed by atoms with Crippen LogP contribution in [0.5, 0.6) is 0 Å². The van der Waals surface area contributed by atoms with Gasteiger partial charge in [0.15, 0.2) is 5.54 Å². The van der Waals surface area contributed by atoms with Gasteiger partial charge in [-0.2, -0.15) is 0 Å². The van der Waals surface area contributed by atoms with Crippen LogP contribution in [0, 0.1) is 5.92 Å². The fourth-order valence-electron chi connectivity index (χ4n) is 1.94. The van der Waals surface area contributed by atoms with Gasteiger partial charge in [0.25, 0.3) is 0 Å². The van der Waals surface area contributed by atoms with E-state index in [1.807, 2.05) is 52.0 Å². The molecule has 0 radical (unpaired) electrons. The maximum Gasteiger partial charge on any atom is 0.340 e. The summed E-state index contributed by atoms with van der Waals surface area (Å²) in [6, 6.07) is 7.50. The van der Waals surface area contributed by atoms with Gasteiger partial charge in [0, 0.05) is 5.02 Å². The van der Waals surface area contributed by atoms with E-state index in [0.717, 1.165) is 5.56 Å². The van der Waals surface area contributed by atoms with Crippen molar-refractivity contribution in [3.05, 3.63) is 34.9 Å². The highest BCUT2D eigenvalue weighted by Gasteiger charge is 2.45. The summed E-state index contributed by atoms with van der Waals surface area (Å²) in [7, 11) is 0. The first-order valence-electron chi connectivity index (χ1n) is 6.42. The van der Waals surface area contributed by atoms with Crippen molar-refractivity contribution in [1.82, 2.24) is 0 Å². The Morgan fingerprint density at radius 2 is 1.79 bits per heavy atom. The smallest absolute Gasteiger partial charge is 0.340 e. The third kappa shape index (κ3) is 2.52. The van der Waals surface area contributed by atoms with Crippen molar-refractivity contribution in [3.63, 3.8) is 0 Å². The van der Waals surface area contributed by atoms with E-state index in [1.54, 1.807) is 0 Å². The average molecular weight is 280 g/mol. The molecule has 2 rings (SSSR count). The molecule has 1 aromatic rings. The molecule has 1 aliphatic heterocycles. The largest absolute Gasteiger partial charge is 0.409 e. The third-order valence-electron chi connectivity index (χ3n) is 3.82. The minimum Gasteiger partial charge on any atom is -0.409 e. The number of rotatable bonds is 3. The second-order valence-electron chi connectivity index (χ2n) is 5.42. The number of carbonyl (C=O) groups is 1. The van der Waals surface area contributed by atoms with Crippen LogP contribution in [0.3, 0.4) is 0 Å². The number of nitrogens with zero attached hydrogens (tertiary/aromatic N) is 1. The van der Waals surface area contributed by atoms with E-state index in [-0.39, 0.29) is 17.8 Å². The summed E-state index contributed by atoms with van der Waals surface area (Å²) >= 11 is 5.87. The molecule has 2 atom stereocenters. The monoisotopic (exact) mass is 279 g/mol. The predicted octanol–water partition coefficient (Wildman–Crippen LogP) is 3.81. The van der Waals surface area contributed by atoms with Crippen LogP contribution in [0.1, 0.15) is 39.2 Å². The van der Waals surface area contributed by atoms with Crippen LogP contribution in [0.4, 0.5) is 0 Å². The molecular weight excluding hydrogens is 262 g/mol. The Morgan fingerprint density at radius 1 is 1.21 bits per heavy atom. The molecule has 102 valence electrons. The molecule has 4 heteroatoms. The van der Waals surface area contributed by atoms with E-state index < -0.39 is 5.54 Å². The molecule has 2 unspecified atom stereocenters. The summed E-state index contributed by atoms with van der Waals surface area (Å²) in [4.78, 5) is 16.5. The Hall–Kier alpha value is -1.35. The highest BCUT2D eigenvalue weighted by Crippen LogP contribution is 2.32. The fraction of sp³-hybridized carbons (Fsp3) is 0.467. The van der Waals surface area contributed by atoms with E-state index in [0.29, 0.717) is 10.9 Å². The van der Waals surface area contributed by atoms with E-state index in [4.69, 9.17) is 16.3 Å². The summed E-state index contributed by atoms with van der Waals surface area (Å²) in [6.07, 6.45) is 0. The molecule has 0 saturated heterocycles. The Bertz CT molecular complexity index is 521. The number of esters is 1. The van der Waals surface area contributed by atoms with Crippen molar-refractivity contribution in [2.45, 2.75) is 39.2 Å². The molecule has 0 aliphatic carbocycles. The molecule has 0 amide bonds. The van der Waals surface area contributed by atoms with Gasteiger partial charge in [-0.3, -0.25) is 0 Å². The third-order valence-corrected chi connectivity index (χ3v) is 4.07. The maximum absolute atomic E-state index is 12.0. The van der Waals surface area contributed by atoms with Crippen LogP contribution in [-0.2, 0) is 9.53 Å². The number of hydrogen-bond acceptors (Lipinski definition) is 3. The van der Waals surface area contributed by atoms with Gasteiger partial charge >= 0.3 is 5.97 Å². The normalized spacial score (nSPS) is 24.3. The first-order valence-corrected chi connectivity index (χ1v) is 6.80. The minimum atomic E-state index is -0.768. The second kappa shape index (κ2) is 4.97. The van der Waals surface area contributed by atoms with Gasteiger partial charge in [0.1, 0.15) is 0 Å². The van der Waals surface area contributed by atoms with Crippen molar-refractivity contribution in [3.8, 4) is 0 Å². The Balaban J connectivity index is 2.28. The van der Waals surface area contributed by atoms with Gasteiger partial charge in [0.05, 0.1) is 5.92 Å². The number of benzene rings is 1. The van der Waals surface area contributed by atoms with Gasteiger partial charge in [-0.15, -0.1) is 0 Å². The summed E-state index contributed by atoms with van der Waals surface area (Å²) in [5.41, 5.74) is 0.264. The van der Waals surface area contributed by atoms with Crippen LogP contribution < -0.4 is 0 Å². The molecule has 0 N–H and O–H groups in total. The predicted molar refractivity (Wildman–Crippen MR) is 76.6 cm³/mol. The molecule has 0 spiro atoms. The topological polar surface area (TPSA) is 38.7 Å². The minimum absolute atomic E-state index is 0.0539. The lowest BCUT2D eigenvalue weighted by Crippen LogP contribution is -2.35. The first-order chi connectivity index (χ1) is 8.84. The fourth-order valence-corrected chi connectivity index (χ4v) is 2.07. The molecule has 1 aromatic carbocycles. The Morgan fingerprint density at radius 3 is 2.26 bits per heavy atom. The van der Waals surface area contributed by atoms with Crippen LogP contribution >= 0.6 is 11.6 Å². The zero-order chi connectivity index (χ0) is 14.2. The summed E-state index contributed by atoms with van der Waals surface area (Å²) < 4.78 is 5.36. The SMILES string of the molecule is CC(C1=NC(C)(C(C)C)C(=O)O1)c1ccc(Cl)cc1. The van der Waals surface area contributed by atoms with E-state index >= 15 is 0 Å². The van der Waals surface area contributed by atoms with Crippen LogP contribution in [0.15, 0.2) is 29.3 Å². The van der Waals surface area contributed by atoms with Crippen molar-refractivity contribution < 1.29 is 9.53 Å². The van der Waals surface area contributed by atoms with Crippen molar-refractivity contribution >= 4 is 23.5 Å².